The van der Waals surface area contributed by atoms with Crippen molar-refractivity contribution in [3.63, 3.8) is 0 Å². The fourth-order valence-electron chi connectivity index (χ4n) is 2.09. The number of sulfone groups is 1. The molecule has 0 saturated carbocycles. The zero-order chi connectivity index (χ0) is 15.6. The predicted molar refractivity (Wildman–Crippen MR) is 81.8 cm³/mol. The van der Waals surface area contributed by atoms with Crippen molar-refractivity contribution in [2.45, 2.75) is 37.5 Å². The normalized spacial score (nSPS) is 11.8. The molecule has 0 aliphatic heterocycles. The van der Waals surface area contributed by atoms with Gasteiger partial charge in [-0.15, -0.1) is 0 Å². The molecule has 0 aliphatic carbocycles. The molecule has 2 N–H and O–H groups in total. The Kier molecular flexibility index (Phi) is 4.53. The third kappa shape index (κ3) is 3.03. The number of halogens is 1. The van der Waals surface area contributed by atoms with Crippen LogP contribution in [0.25, 0.3) is 0 Å². The van der Waals surface area contributed by atoms with E-state index in [2.05, 4.69) is 10.1 Å². The summed E-state index contributed by atoms with van der Waals surface area (Å²) < 4.78 is 26.7. The van der Waals surface area contributed by atoms with Gasteiger partial charge in [-0.1, -0.05) is 18.5 Å². The first-order chi connectivity index (χ1) is 9.90. The molecule has 0 fully saturated rings. The van der Waals surface area contributed by atoms with Gasteiger partial charge < -0.3 is 5.73 Å². The molecular formula is C13H17ClN4O2S. The zero-order valence-electron chi connectivity index (χ0n) is 11.9. The van der Waals surface area contributed by atoms with Gasteiger partial charge in [0.2, 0.25) is 0 Å². The third-order valence-electron chi connectivity index (χ3n) is 3.17. The first-order valence-electron chi connectivity index (χ1n) is 6.57. The molecule has 2 aromatic heterocycles. The molecule has 2 rings (SSSR count). The van der Waals surface area contributed by atoms with Gasteiger partial charge in [0, 0.05) is 12.7 Å². The third-order valence-corrected chi connectivity index (χ3v) is 5.30. The lowest BCUT2D eigenvalue weighted by atomic mass is 10.3. The number of pyridine rings is 1. The van der Waals surface area contributed by atoms with Gasteiger partial charge >= 0.3 is 0 Å². The van der Waals surface area contributed by atoms with E-state index in [1.54, 1.807) is 4.68 Å². The van der Waals surface area contributed by atoms with E-state index in [1.165, 1.54) is 18.5 Å². The quantitative estimate of drug-likeness (QED) is 0.907. The molecule has 114 valence electrons. The van der Waals surface area contributed by atoms with Gasteiger partial charge in [0.25, 0.3) is 0 Å². The van der Waals surface area contributed by atoms with E-state index in [4.69, 9.17) is 17.3 Å². The number of rotatable bonds is 5. The summed E-state index contributed by atoms with van der Waals surface area (Å²) in [7, 11) is -3.60. The monoisotopic (exact) mass is 328 g/mol. The van der Waals surface area contributed by atoms with Crippen molar-refractivity contribution in [2.24, 2.45) is 0 Å². The van der Waals surface area contributed by atoms with E-state index in [1.807, 2.05) is 13.8 Å². The second-order valence-corrected chi connectivity index (χ2v) is 6.89. The van der Waals surface area contributed by atoms with E-state index in [0.717, 1.165) is 0 Å². The van der Waals surface area contributed by atoms with E-state index in [9.17, 15) is 8.42 Å². The maximum Gasteiger partial charge on any atom is 0.186 e. The summed E-state index contributed by atoms with van der Waals surface area (Å²) in [5.74, 6) is -0.235. The van der Waals surface area contributed by atoms with Gasteiger partial charge in [-0.2, -0.15) is 5.10 Å². The van der Waals surface area contributed by atoms with Crippen molar-refractivity contribution in [3.05, 3.63) is 34.9 Å². The van der Waals surface area contributed by atoms with Crippen LogP contribution in [-0.4, -0.2) is 23.2 Å². The summed E-state index contributed by atoms with van der Waals surface area (Å²) in [6.45, 7) is 4.36. The summed E-state index contributed by atoms with van der Waals surface area (Å²) in [6, 6.07) is 1.39. The molecule has 0 bridgehead atoms. The highest BCUT2D eigenvalue weighted by Gasteiger charge is 2.24. The van der Waals surface area contributed by atoms with Crippen molar-refractivity contribution >= 4 is 27.1 Å². The summed E-state index contributed by atoms with van der Waals surface area (Å²) in [4.78, 5) is 3.87. The van der Waals surface area contributed by atoms with Gasteiger partial charge in [0.05, 0.1) is 38.9 Å². The van der Waals surface area contributed by atoms with Crippen molar-refractivity contribution in [2.75, 3.05) is 5.73 Å². The summed E-state index contributed by atoms with van der Waals surface area (Å²) >= 11 is 6.25. The second kappa shape index (κ2) is 6.03. The van der Waals surface area contributed by atoms with Gasteiger partial charge in [-0.3, -0.25) is 9.67 Å². The van der Waals surface area contributed by atoms with E-state index >= 15 is 0 Å². The van der Waals surface area contributed by atoms with E-state index in [0.29, 0.717) is 29.4 Å². The van der Waals surface area contributed by atoms with Gasteiger partial charge in [-0.05, 0) is 19.4 Å². The molecule has 0 aromatic carbocycles. The Bertz CT molecular complexity index is 756. The summed E-state index contributed by atoms with van der Waals surface area (Å²) in [5, 5.41) is 4.74. The molecule has 21 heavy (non-hydrogen) atoms. The minimum Gasteiger partial charge on any atom is -0.396 e. The predicted octanol–water partition coefficient (Wildman–Crippen LogP) is 2.07. The molecule has 0 saturated heterocycles. The molecule has 0 unspecified atom stereocenters. The minimum atomic E-state index is -3.60. The van der Waals surface area contributed by atoms with Crippen LogP contribution >= 0.6 is 11.6 Å². The Morgan fingerprint density at radius 1 is 1.38 bits per heavy atom. The van der Waals surface area contributed by atoms with Crippen LogP contribution in [0.4, 0.5) is 5.69 Å². The number of nitrogens with zero attached hydrogens (tertiary/aromatic N) is 3. The highest BCUT2D eigenvalue weighted by Crippen LogP contribution is 2.27. The van der Waals surface area contributed by atoms with Crippen molar-refractivity contribution in [1.29, 1.82) is 0 Å². The molecule has 0 aliphatic rings. The average Bonchev–Trinajstić information content (AvgIpc) is 2.75. The Morgan fingerprint density at radius 2 is 2.10 bits per heavy atom. The number of aryl methyl sites for hydroxylation is 2. The average molecular weight is 329 g/mol. The number of nitrogens with two attached hydrogens (primary N) is 1. The Hall–Kier alpha value is -1.60. The van der Waals surface area contributed by atoms with Crippen molar-refractivity contribution in [1.82, 2.24) is 14.8 Å². The van der Waals surface area contributed by atoms with Crippen LogP contribution in [0.1, 0.15) is 25.2 Å². The lowest BCUT2D eigenvalue weighted by molar-refractivity contribution is 0.585. The fourth-order valence-corrected chi connectivity index (χ4v) is 3.99. The maximum atomic E-state index is 12.5. The lowest BCUT2D eigenvalue weighted by Crippen LogP contribution is -2.12. The van der Waals surface area contributed by atoms with Crippen LogP contribution in [0.2, 0.25) is 5.02 Å². The number of anilines is 1. The van der Waals surface area contributed by atoms with E-state index in [-0.39, 0.29) is 16.3 Å². The van der Waals surface area contributed by atoms with Crippen LogP contribution in [0.3, 0.4) is 0 Å². The number of hydrogen-bond donors (Lipinski definition) is 1. The molecule has 0 radical (unpaired) electrons. The lowest BCUT2D eigenvalue weighted by Gasteiger charge is -2.08. The molecule has 0 spiro atoms. The molecule has 2 aromatic rings. The molecule has 8 heteroatoms. The minimum absolute atomic E-state index is 0.0652. The van der Waals surface area contributed by atoms with E-state index < -0.39 is 9.84 Å². The van der Waals surface area contributed by atoms with Crippen molar-refractivity contribution in [3.8, 4) is 0 Å². The number of nitrogen functional groups attached to an aromatic ring is 1. The summed E-state index contributed by atoms with van der Waals surface area (Å²) in [6.07, 6.45) is 3.37. The number of hydrogen-bond acceptors (Lipinski definition) is 5. The highest BCUT2D eigenvalue weighted by molar-refractivity contribution is 7.90. The SMILES string of the molecule is CCc1nn(CC)c(CS(=O)(=O)c2ccncc2N)c1Cl. The van der Waals surface area contributed by atoms with Crippen molar-refractivity contribution < 1.29 is 8.42 Å². The first-order valence-corrected chi connectivity index (χ1v) is 8.60. The van der Waals surface area contributed by atoms with Crippen LogP contribution in [0.5, 0.6) is 0 Å². The molecule has 2 heterocycles. The first kappa shape index (κ1) is 15.8. The van der Waals surface area contributed by atoms with Crippen LogP contribution in [0, 0.1) is 0 Å². The Morgan fingerprint density at radius 3 is 2.67 bits per heavy atom. The Balaban J connectivity index is 2.47. The van der Waals surface area contributed by atoms with Gasteiger partial charge in [-0.25, -0.2) is 8.42 Å². The zero-order valence-corrected chi connectivity index (χ0v) is 13.4. The fraction of sp³-hybridized carbons (Fsp3) is 0.385. The molecule has 0 amide bonds. The topological polar surface area (TPSA) is 90.9 Å². The van der Waals surface area contributed by atoms with Crippen LogP contribution in [0.15, 0.2) is 23.4 Å². The maximum absolute atomic E-state index is 12.5. The second-order valence-electron chi connectivity index (χ2n) is 4.55. The number of aromatic nitrogens is 3. The molecule has 6 nitrogen and oxygen atoms in total. The molecular weight excluding hydrogens is 312 g/mol. The van der Waals surface area contributed by atoms with Gasteiger partial charge in [0.1, 0.15) is 0 Å². The standard InChI is InChI=1S/C13H17ClN4O2S/c1-3-10-13(14)11(18(4-2)17-10)8-21(19,20)12-5-6-16-7-9(12)15/h5-7H,3-4,8,15H2,1-2H3. The summed E-state index contributed by atoms with van der Waals surface area (Å²) in [5.41, 5.74) is 7.03. The smallest absolute Gasteiger partial charge is 0.186 e. The molecule has 0 atom stereocenters. The highest BCUT2D eigenvalue weighted by atomic mass is 35.5. The van der Waals surface area contributed by atoms with Crippen LogP contribution < -0.4 is 5.73 Å². The van der Waals surface area contributed by atoms with Gasteiger partial charge in [0.15, 0.2) is 9.84 Å². The Labute approximate surface area is 128 Å². The largest absolute Gasteiger partial charge is 0.396 e. The van der Waals surface area contributed by atoms with Crippen LogP contribution in [-0.2, 0) is 28.6 Å².